The molecule has 1 heterocycles. The maximum atomic E-state index is 12.4. The molecule has 0 spiro atoms. The number of benzene rings is 2. The van der Waals surface area contributed by atoms with E-state index in [0.717, 1.165) is 31.6 Å². The normalized spacial score (nSPS) is 13.6. The first-order valence-corrected chi connectivity index (χ1v) is 10.6. The van der Waals surface area contributed by atoms with Gasteiger partial charge in [0.1, 0.15) is 0 Å². The molecule has 3 amide bonds. The lowest BCUT2D eigenvalue weighted by Gasteiger charge is -2.20. The largest absolute Gasteiger partial charge is 0.376 e. The van der Waals surface area contributed by atoms with Crippen LogP contribution in [-0.2, 0) is 4.79 Å². The minimum atomic E-state index is -0.310. The molecule has 1 aliphatic heterocycles. The second-order valence-electron chi connectivity index (χ2n) is 8.76. The average Bonchev–Trinajstić information content (AvgIpc) is 3.26. The molecule has 2 aromatic carbocycles. The lowest BCUT2D eigenvalue weighted by Crippen LogP contribution is -2.40. The summed E-state index contributed by atoms with van der Waals surface area (Å²) in [6.45, 7) is 7.50. The fraction of sp³-hybridized carbons (Fsp3) is 0.375. The van der Waals surface area contributed by atoms with E-state index in [1.54, 1.807) is 48.5 Å². The van der Waals surface area contributed by atoms with E-state index in [2.05, 4.69) is 16.0 Å². The molecule has 0 radical (unpaired) electrons. The molecular formula is C24H30N4O3. The van der Waals surface area contributed by atoms with Gasteiger partial charge in [-0.05, 0) is 82.1 Å². The minimum absolute atomic E-state index is 0.0569. The van der Waals surface area contributed by atoms with Gasteiger partial charge in [0.05, 0.1) is 6.54 Å². The monoisotopic (exact) mass is 422 g/mol. The maximum Gasteiger partial charge on any atom is 0.253 e. The standard InChI is InChI=1S/C24H30N4O3/c1-24(2,3)27-22(30)17-6-12-20(13-7-17)26-21(29)16-25-19-10-8-18(9-11-19)23(31)28-14-4-5-15-28/h6-13,25H,4-5,14-16H2,1-3H3,(H,26,29)(H,27,30). The third kappa shape index (κ3) is 6.57. The Labute approximate surface area is 183 Å². The average molecular weight is 423 g/mol. The summed E-state index contributed by atoms with van der Waals surface area (Å²) >= 11 is 0. The van der Waals surface area contributed by atoms with Gasteiger partial charge in [0.2, 0.25) is 5.91 Å². The van der Waals surface area contributed by atoms with E-state index in [4.69, 9.17) is 0 Å². The molecule has 0 aromatic heterocycles. The molecule has 3 rings (SSSR count). The minimum Gasteiger partial charge on any atom is -0.376 e. The maximum absolute atomic E-state index is 12.4. The first kappa shape index (κ1) is 22.3. The number of hydrogen-bond donors (Lipinski definition) is 3. The van der Waals surface area contributed by atoms with Gasteiger partial charge in [0, 0.05) is 41.1 Å². The second kappa shape index (κ2) is 9.64. The zero-order chi connectivity index (χ0) is 22.4. The first-order valence-electron chi connectivity index (χ1n) is 10.6. The summed E-state index contributed by atoms with van der Waals surface area (Å²) in [6, 6.07) is 13.9. The highest BCUT2D eigenvalue weighted by atomic mass is 16.2. The molecule has 0 atom stereocenters. The van der Waals surface area contributed by atoms with Crippen LogP contribution in [-0.4, -0.2) is 47.8 Å². The van der Waals surface area contributed by atoms with Crippen LogP contribution in [0.25, 0.3) is 0 Å². The number of carbonyl (C=O) groups is 3. The summed E-state index contributed by atoms with van der Waals surface area (Å²) in [7, 11) is 0. The summed E-state index contributed by atoms with van der Waals surface area (Å²) in [5.74, 6) is -0.302. The predicted molar refractivity (Wildman–Crippen MR) is 122 cm³/mol. The van der Waals surface area contributed by atoms with Gasteiger partial charge in [-0.2, -0.15) is 0 Å². The molecule has 0 unspecified atom stereocenters. The van der Waals surface area contributed by atoms with Crippen molar-refractivity contribution < 1.29 is 14.4 Å². The van der Waals surface area contributed by atoms with Gasteiger partial charge >= 0.3 is 0 Å². The molecule has 7 nitrogen and oxygen atoms in total. The van der Waals surface area contributed by atoms with E-state index in [-0.39, 0.29) is 29.8 Å². The molecule has 0 aliphatic carbocycles. The van der Waals surface area contributed by atoms with Crippen molar-refractivity contribution in [2.45, 2.75) is 39.2 Å². The van der Waals surface area contributed by atoms with Crippen LogP contribution < -0.4 is 16.0 Å². The second-order valence-corrected chi connectivity index (χ2v) is 8.76. The van der Waals surface area contributed by atoms with Crippen LogP contribution in [0.5, 0.6) is 0 Å². The van der Waals surface area contributed by atoms with Crippen LogP contribution in [0.4, 0.5) is 11.4 Å². The van der Waals surface area contributed by atoms with E-state index < -0.39 is 0 Å². The molecule has 1 aliphatic rings. The van der Waals surface area contributed by atoms with Gasteiger partial charge < -0.3 is 20.9 Å². The molecule has 7 heteroatoms. The SMILES string of the molecule is CC(C)(C)NC(=O)c1ccc(NC(=O)CNc2ccc(C(=O)N3CCCC3)cc2)cc1. The smallest absolute Gasteiger partial charge is 0.253 e. The van der Waals surface area contributed by atoms with Gasteiger partial charge in [-0.1, -0.05) is 0 Å². The van der Waals surface area contributed by atoms with E-state index in [0.29, 0.717) is 16.8 Å². The lowest BCUT2D eigenvalue weighted by atomic mass is 10.1. The van der Waals surface area contributed by atoms with Crippen molar-refractivity contribution in [2.24, 2.45) is 0 Å². The highest BCUT2D eigenvalue weighted by Crippen LogP contribution is 2.16. The van der Waals surface area contributed by atoms with E-state index in [1.807, 2.05) is 25.7 Å². The number of nitrogens with zero attached hydrogens (tertiary/aromatic N) is 1. The highest BCUT2D eigenvalue weighted by molar-refractivity contribution is 5.97. The molecule has 0 bridgehead atoms. The first-order chi connectivity index (χ1) is 14.7. The summed E-state index contributed by atoms with van der Waals surface area (Å²) in [5, 5.41) is 8.75. The number of nitrogens with one attached hydrogen (secondary N) is 3. The van der Waals surface area contributed by atoms with E-state index >= 15 is 0 Å². The van der Waals surface area contributed by atoms with Gasteiger partial charge in [0.25, 0.3) is 11.8 Å². The van der Waals surface area contributed by atoms with Gasteiger partial charge in [-0.25, -0.2) is 0 Å². The number of amides is 3. The van der Waals surface area contributed by atoms with Crippen LogP contribution >= 0.6 is 0 Å². The molecule has 164 valence electrons. The van der Waals surface area contributed by atoms with Crippen molar-refractivity contribution in [2.75, 3.05) is 30.3 Å². The summed E-state index contributed by atoms with van der Waals surface area (Å²) < 4.78 is 0. The lowest BCUT2D eigenvalue weighted by molar-refractivity contribution is -0.114. The fourth-order valence-corrected chi connectivity index (χ4v) is 3.34. The van der Waals surface area contributed by atoms with E-state index in [1.165, 1.54) is 0 Å². The number of rotatable bonds is 6. The fourth-order valence-electron chi connectivity index (χ4n) is 3.34. The Bertz CT molecular complexity index is 925. The zero-order valence-electron chi connectivity index (χ0n) is 18.3. The van der Waals surface area contributed by atoms with Crippen molar-refractivity contribution in [3.63, 3.8) is 0 Å². The summed E-state index contributed by atoms with van der Waals surface area (Å²) in [5.41, 5.74) is 2.27. The van der Waals surface area contributed by atoms with Crippen LogP contribution in [0.3, 0.4) is 0 Å². The van der Waals surface area contributed by atoms with Crippen LogP contribution in [0.1, 0.15) is 54.3 Å². The Morgan fingerprint density at radius 2 is 1.39 bits per heavy atom. The van der Waals surface area contributed by atoms with Crippen LogP contribution in [0.15, 0.2) is 48.5 Å². The van der Waals surface area contributed by atoms with Gasteiger partial charge in [0.15, 0.2) is 0 Å². The van der Waals surface area contributed by atoms with Crippen LogP contribution in [0.2, 0.25) is 0 Å². The highest BCUT2D eigenvalue weighted by Gasteiger charge is 2.19. The Morgan fingerprint density at radius 3 is 1.97 bits per heavy atom. The quantitative estimate of drug-likeness (QED) is 0.665. The van der Waals surface area contributed by atoms with Crippen LogP contribution in [0, 0.1) is 0 Å². The van der Waals surface area contributed by atoms with Crippen molar-refractivity contribution in [1.29, 1.82) is 0 Å². The molecule has 0 saturated carbocycles. The topological polar surface area (TPSA) is 90.5 Å². The van der Waals surface area contributed by atoms with Gasteiger partial charge in [-0.15, -0.1) is 0 Å². The third-order valence-electron chi connectivity index (χ3n) is 4.90. The predicted octanol–water partition coefficient (Wildman–Crippen LogP) is 3.50. The van der Waals surface area contributed by atoms with Crippen molar-refractivity contribution in [3.8, 4) is 0 Å². The third-order valence-corrected chi connectivity index (χ3v) is 4.90. The number of likely N-dealkylation sites (tertiary alicyclic amines) is 1. The van der Waals surface area contributed by atoms with Crippen molar-refractivity contribution >= 4 is 29.1 Å². The summed E-state index contributed by atoms with van der Waals surface area (Å²) in [6.07, 6.45) is 2.13. The van der Waals surface area contributed by atoms with E-state index in [9.17, 15) is 14.4 Å². The molecule has 1 saturated heterocycles. The Balaban J connectivity index is 1.47. The Hall–Kier alpha value is -3.35. The van der Waals surface area contributed by atoms with Gasteiger partial charge in [-0.3, -0.25) is 14.4 Å². The Morgan fingerprint density at radius 1 is 0.839 bits per heavy atom. The molecule has 3 N–H and O–H groups in total. The molecule has 31 heavy (non-hydrogen) atoms. The molecule has 2 aromatic rings. The molecular weight excluding hydrogens is 392 g/mol. The summed E-state index contributed by atoms with van der Waals surface area (Å²) in [4.78, 5) is 38.6. The Kier molecular flexibility index (Phi) is 6.95. The van der Waals surface area contributed by atoms with Crippen molar-refractivity contribution in [3.05, 3.63) is 59.7 Å². The molecule has 1 fully saturated rings. The zero-order valence-corrected chi connectivity index (χ0v) is 18.3. The van der Waals surface area contributed by atoms with Crippen molar-refractivity contribution in [1.82, 2.24) is 10.2 Å². The number of carbonyl (C=O) groups excluding carboxylic acids is 3. The number of hydrogen-bond acceptors (Lipinski definition) is 4. The number of anilines is 2.